The maximum atomic E-state index is 12.3. The van der Waals surface area contributed by atoms with Crippen LogP contribution in [-0.2, 0) is 6.42 Å². The Bertz CT molecular complexity index is 1010. The molecule has 4 nitrogen and oxygen atoms in total. The molecule has 0 fully saturated rings. The first-order chi connectivity index (χ1) is 11.6. The van der Waals surface area contributed by atoms with Crippen molar-refractivity contribution in [1.82, 2.24) is 4.98 Å². The number of nitrogens with two attached hydrogens (primary N) is 1. The van der Waals surface area contributed by atoms with Crippen LogP contribution in [0.3, 0.4) is 0 Å². The van der Waals surface area contributed by atoms with Gasteiger partial charge in [-0.2, -0.15) is 0 Å². The van der Waals surface area contributed by atoms with Crippen molar-refractivity contribution in [3.8, 4) is 16.9 Å². The van der Waals surface area contributed by atoms with Gasteiger partial charge < -0.3 is 15.5 Å². The number of pyridine rings is 1. The summed E-state index contributed by atoms with van der Waals surface area (Å²) in [5.74, 6) is 0.810. The quantitative estimate of drug-likeness (QED) is 0.751. The molecule has 2 heterocycles. The van der Waals surface area contributed by atoms with E-state index in [1.165, 1.54) is 0 Å². The SMILES string of the molecule is Cc1cc(=O)c2cccc(-c3cc(Cl)cc4c3O[C@H](CN)C4)c2[nH]1. The Balaban J connectivity index is 2.02. The van der Waals surface area contributed by atoms with Gasteiger partial charge in [0.2, 0.25) is 0 Å². The van der Waals surface area contributed by atoms with E-state index >= 15 is 0 Å². The Morgan fingerprint density at radius 3 is 2.92 bits per heavy atom. The number of aryl methyl sites for hydroxylation is 1. The first kappa shape index (κ1) is 15.2. The molecule has 0 saturated heterocycles. The predicted octanol–water partition coefficient (Wildman–Crippen LogP) is 3.42. The Labute approximate surface area is 144 Å². The lowest BCUT2D eigenvalue weighted by atomic mass is 9.98. The van der Waals surface area contributed by atoms with Crippen LogP contribution in [-0.4, -0.2) is 17.6 Å². The van der Waals surface area contributed by atoms with Crippen LogP contribution in [0.5, 0.6) is 5.75 Å². The first-order valence-corrected chi connectivity index (χ1v) is 8.27. The monoisotopic (exact) mass is 340 g/mol. The van der Waals surface area contributed by atoms with Gasteiger partial charge in [0.1, 0.15) is 11.9 Å². The molecule has 0 spiro atoms. The standard InChI is InChI=1S/C19H17ClN2O2/c1-10-5-17(23)15-4-2-3-14(18(15)22-10)16-8-12(20)6-11-7-13(9-21)24-19(11)16/h2-6,8,13H,7,9,21H2,1H3,(H,22,23)/t13-/m0/s1. The van der Waals surface area contributed by atoms with E-state index in [0.29, 0.717) is 17.0 Å². The second-order valence-electron chi connectivity index (χ2n) is 6.17. The van der Waals surface area contributed by atoms with Crippen molar-refractivity contribution in [3.63, 3.8) is 0 Å². The fraction of sp³-hybridized carbons (Fsp3) is 0.211. The van der Waals surface area contributed by atoms with Gasteiger partial charge in [-0.15, -0.1) is 0 Å². The lowest BCUT2D eigenvalue weighted by Crippen LogP contribution is -2.24. The van der Waals surface area contributed by atoms with E-state index in [2.05, 4.69) is 4.98 Å². The highest BCUT2D eigenvalue weighted by molar-refractivity contribution is 6.31. The Morgan fingerprint density at radius 2 is 2.12 bits per heavy atom. The summed E-state index contributed by atoms with van der Waals surface area (Å²) in [6.07, 6.45) is 0.715. The van der Waals surface area contributed by atoms with Crippen LogP contribution in [0.1, 0.15) is 11.3 Å². The second kappa shape index (κ2) is 5.65. The highest BCUT2D eigenvalue weighted by atomic mass is 35.5. The summed E-state index contributed by atoms with van der Waals surface area (Å²) in [7, 11) is 0. The van der Waals surface area contributed by atoms with Crippen LogP contribution in [0.25, 0.3) is 22.0 Å². The number of hydrogen-bond donors (Lipinski definition) is 2. The second-order valence-corrected chi connectivity index (χ2v) is 6.60. The summed E-state index contributed by atoms with van der Waals surface area (Å²) in [5.41, 5.74) is 10.2. The van der Waals surface area contributed by atoms with E-state index in [0.717, 1.165) is 40.1 Å². The van der Waals surface area contributed by atoms with E-state index in [1.807, 2.05) is 37.3 Å². The van der Waals surface area contributed by atoms with Crippen molar-refractivity contribution in [3.05, 3.63) is 62.9 Å². The number of hydrogen-bond acceptors (Lipinski definition) is 3. The molecular formula is C19H17ClN2O2. The predicted molar refractivity (Wildman–Crippen MR) is 96.9 cm³/mol. The number of aromatic nitrogens is 1. The van der Waals surface area contributed by atoms with Crippen molar-refractivity contribution < 1.29 is 4.74 Å². The maximum Gasteiger partial charge on any atom is 0.189 e. The van der Waals surface area contributed by atoms with Crippen LogP contribution in [0.2, 0.25) is 5.02 Å². The third kappa shape index (κ3) is 2.39. The van der Waals surface area contributed by atoms with Crippen LogP contribution < -0.4 is 15.9 Å². The molecule has 2 aromatic carbocycles. The molecule has 5 heteroatoms. The number of para-hydroxylation sites is 1. The lowest BCUT2D eigenvalue weighted by molar-refractivity contribution is 0.242. The van der Waals surface area contributed by atoms with Gasteiger partial charge in [0, 0.05) is 46.3 Å². The van der Waals surface area contributed by atoms with E-state index < -0.39 is 0 Å². The molecule has 0 bridgehead atoms. The summed E-state index contributed by atoms with van der Waals surface area (Å²) in [6, 6.07) is 11.1. The Kier molecular flexibility index (Phi) is 3.59. The average molecular weight is 341 g/mol. The zero-order chi connectivity index (χ0) is 16.8. The third-order valence-electron chi connectivity index (χ3n) is 4.42. The molecule has 1 aliphatic rings. The third-order valence-corrected chi connectivity index (χ3v) is 4.63. The average Bonchev–Trinajstić information content (AvgIpc) is 2.96. The summed E-state index contributed by atoms with van der Waals surface area (Å²) in [5, 5.41) is 1.30. The van der Waals surface area contributed by atoms with Crippen LogP contribution in [0.4, 0.5) is 0 Å². The van der Waals surface area contributed by atoms with E-state index in [9.17, 15) is 4.79 Å². The number of ether oxygens (including phenoxy) is 1. The molecule has 24 heavy (non-hydrogen) atoms. The minimum absolute atomic E-state index is 0.00234. The maximum absolute atomic E-state index is 12.3. The zero-order valence-electron chi connectivity index (χ0n) is 13.2. The largest absolute Gasteiger partial charge is 0.488 e. The molecule has 0 radical (unpaired) electrons. The zero-order valence-corrected chi connectivity index (χ0v) is 14.0. The van der Waals surface area contributed by atoms with Gasteiger partial charge in [-0.25, -0.2) is 0 Å². The number of rotatable bonds is 2. The topological polar surface area (TPSA) is 68.1 Å². The van der Waals surface area contributed by atoms with Crippen LogP contribution >= 0.6 is 11.6 Å². The van der Waals surface area contributed by atoms with E-state index in [4.69, 9.17) is 22.1 Å². The van der Waals surface area contributed by atoms with Crippen molar-refractivity contribution in [2.75, 3.05) is 6.54 Å². The van der Waals surface area contributed by atoms with Gasteiger partial charge >= 0.3 is 0 Å². The molecule has 1 aromatic heterocycles. The van der Waals surface area contributed by atoms with Gasteiger partial charge in [0.25, 0.3) is 0 Å². The summed E-state index contributed by atoms with van der Waals surface area (Å²) in [6.45, 7) is 2.33. The molecule has 0 saturated carbocycles. The lowest BCUT2D eigenvalue weighted by Gasteiger charge is -2.13. The van der Waals surface area contributed by atoms with Gasteiger partial charge in [0.05, 0.1) is 5.52 Å². The van der Waals surface area contributed by atoms with Gasteiger partial charge in [-0.05, 0) is 30.7 Å². The molecule has 0 amide bonds. The van der Waals surface area contributed by atoms with Crippen molar-refractivity contribution in [2.24, 2.45) is 5.73 Å². The van der Waals surface area contributed by atoms with Crippen LogP contribution in [0, 0.1) is 6.92 Å². The fourth-order valence-electron chi connectivity index (χ4n) is 3.35. The molecule has 1 atom stereocenters. The summed E-state index contributed by atoms with van der Waals surface area (Å²) >= 11 is 6.32. The molecular weight excluding hydrogens is 324 g/mol. The minimum Gasteiger partial charge on any atom is -0.488 e. The van der Waals surface area contributed by atoms with Crippen molar-refractivity contribution in [2.45, 2.75) is 19.4 Å². The van der Waals surface area contributed by atoms with Crippen LogP contribution in [0.15, 0.2) is 41.2 Å². The highest BCUT2D eigenvalue weighted by Crippen LogP contribution is 2.42. The number of fused-ring (bicyclic) bond motifs is 2. The molecule has 4 rings (SSSR count). The molecule has 0 aliphatic carbocycles. The first-order valence-electron chi connectivity index (χ1n) is 7.89. The Hall–Kier alpha value is -2.30. The molecule has 122 valence electrons. The number of halogens is 1. The molecule has 3 N–H and O–H groups in total. The highest BCUT2D eigenvalue weighted by Gasteiger charge is 2.26. The number of H-pyrrole nitrogens is 1. The van der Waals surface area contributed by atoms with Crippen molar-refractivity contribution >= 4 is 22.5 Å². The summed E-state index contributed by atoms with van der Waals surface area (Å²) < 4.78 is 6.03. The van der Waals surface area contributed by atoms with E-state index in [1.54, 1.807) is 6.07 Å². The van der Waals surface area contributed by atoms with E-state index in [-0.39, 0.29) is 11.5 Å². The fourth-order valence-corrected chi connectivity index (χ4v) is 3.59. The molecule has 0 unspecified atom stereocenters. The van der Waals surface area contributed by atoms with Gasteiger partial charge in [0.15, 0.2) is 5.43 Å². The summed E-state index contributed by atoms with van der Waals surface area (Å²) in [4.78, 5) is 15.6. The molecule has 1 aliphatic heterocycles. The number of aromatic amines is 1. The number of nitrogens with one attached hydrogen (secondary N) is 1. The minimum atomic E-state index is -0.0343. The number of benzene rings is 2. The van der Waals surface area contributed by atoms with Crippen molar-refractivity contribution in [1.29, 1.82) is 0 Å². The normalized spacial score (nSPS) is 16.2. The Morgan fingerprint density at radius 1 is 1.29 bits per heavy atom. The molecule has 3 aromatic rings. The smallest absolute Gasteiger partial charge is 0.189 e. The van der Waals surface area contributed by atoms with Gasteiger partial charge in [-0.3, -0.25) is 4.79 Å². The van der Waals surface area contributed by atoms with Gasteiger partial charge in [-0.1, -0.05) is 23.7 Å².